The van der Waals surface area contributed by atoms with Gasteiger partial charge in [-0.3, -0.25) is 0 Å². The first-order valence-electron chi connectivity index (χ1n) is 7.88. The lowest BCUT2D eigenvalue weighted by molar-refractivity contribution is -0.136. The molecule has 0 saturated heterocycles. The number of nitrogens with zero attached hydrogens (tertiary/aromatic N) is 2. The van der Waals surface area contributed by atoms with Crippen molar-refractivity contribution in [1.82, 2.24) is 9.97 Å². The number of aromatic nitrogens is 2. The average Bonchev–Trinajstić information content (AvgIpc) is 2.47. The second kappa shape index (κ2) is 7.91. The van der Waals surface area contributed by atoms with E-state index in [9.17, 15) is 13.2 Å². The van der Waals surface area contributed by atoms with E-state index in [0.717, 1.165) is 19.0 Å². The van der Waals surface area contributed by atoms with Crippen molar-refractivity contribution in [2.24, 2.45) is 5.92 Å². The van der Waals surface area contributed by atoms with Crippen LogP contribution in [-0.2, 0) is 6.18 Å². The van der Waals surface area contributed by atoms with Crippen LogP contribution in [-0.4, -0.2) is 16.5 Å². The van der Waals surface area contributed by atoms with Gasteiger partial charge in [0.2, 0.25) is 5.95 Å². The van der Waals surface area contributed by atoms with E-state index < -0.39 is 11.7 Å². The van der Waals surface area contributed by atoms with Crippen LogP contribution < -0.4 is 10.6 Å². The first-order valence-corrected chi connectivity index (χ1v) is 8.26. The summed E-state index contributed by atoms with van der Waals surface area (Å²) in [7, 11) is 0. The van der Waals surface area contributed by atoms with Gasteiger partial charge in [0.05, 0.1) is 11.3 Å². The van der Waals surface area contributed by atoms with Crippen molar-refractivity contribution in [2.45, 2.75) is 33.4 Å². The minimum absolute atomic E-state index is 0.0130. The predicted octanol–water partition coefficient (Wildman–Crippen LogP) is 5.66. The molecule has 0 aliphatic heterocycles. The van der Waals surface area contributed by atoms with Gasteiger partial charge in [0.25, 0.3) is 0 Å². The monoisotopic (exact) mass is 372 g/mol. The number of nitrogens with one attached hydrogen (secondary N) is 2. The van der Waals surface area contributed by atoms with Gasteiger partial charge >= 0.3 is 6.18 Å². The fourth-order valence-corrected chi connectivity index (χ4v) is 2.36. The van der Waals surface area contributed by atoms with E-state index in [4.69, 9.17) is 11.6 Å². The van der Waals surface area contributed by atoms with E-state index in [0.29, 0.717) is 17.4 Å². The number of hydrogen-bond donors (Lipinski definition) is 2. The first-order chi connectivity index (χ1) is 11.6. The van der Waals surface area contributed by atoms with Crippen LogP contribution >= 0.6 is 11.6 Å². The van der Waals surface area contributed by atoms with Crippen LogP contribution in [0, 0.1) is 12.8 Å². The van der Waals surface area contributed by atoms with Gasteiger partial charge in [-0.1, -0.05) is 25.4 Å². The summed E-state index contributed by atoms with van der Waals surface area (Å²) in [5.41, 5.74) is -0.359. The topological polar surface area (TPSA) is 49.8 Å². The summed E-state index contributed by atoms with van der Waals surface area (Å²) < 4.78 is 39.5. The van der Waals surface area contributed by atoms with Gasteiger partial charge in [-0.05, 0) is 37.5 Å². The van der Waals surface area contributed by atoms with Gasteiger partial charge in [0.1, 0.15) is 5.82 Å². The van der Waals surface area contributed by atoms with E-state index in [1.807, 2.05) is 0 Å². The molecule has 0 spiro atoms. The molecule has 25 heavy (non-hydrogen) atoms. The third kappa shape index (κ3) is 5.77. The molecule has 1 aromatic carbocycles. The third-order valence-corrected chi connectivity index (χ3v) is 3.65. The summed E-state index contributed by atoms with van der Waals surface area (Å²) in [5, 5.41) is 5.82. The predicted molar refractivity (Wildman–Crippen MR) is 94.5 cm³/mol. The van der Waals surface area contributed by atoms with Gasteiger partial charge in [-0.2, -0.15) is 18.2 Å². The summed E-state index contributed by atoms with van der Waals surface area (Å²) in [6, 6.07) is 5.28. The number of halogens is 4. The highest BCUT2D eigenvalue weighted by Gasteiger charge is 2.34. The molecule has 0 amide bonds. The summed E-state index contributed by atoms with van der Waals surface area (Å²) >= 11 is 5.69. The van der Waals surface area contributed by atoms with Crippen molar-refractivity contribution < 1.29 is 13.2 Å². The highest BCUT2D eigenvalue weighted by atomic mass is 35.5. The molecule has 0 saturated carbocycles. The molecule has 0 fully saturated rings. The second-order valence-corrected chi connectivity index (χ2v) is 6.58. The van der Waals surface area contributed by atoms with Gasteiger partial charge in [-0.15, -0.1) is 0 Å². The molecule has 1 heterocycles. The van der Waals surface area contributed by atoms with E-state index in [1.165, 1.54) is 12.1 Å². The van der Waals surface area contributed by atoms with Crippen molar-refractivity contribution in [3.63, 3.8) is 0 Å². The standard InChI is InChI=1S/C17H20ClF3N4/c1-10(2)6-7-22-15-8-11(3)23-16(25-15)24-14-5-4-12(18)9-13(14)17(19,20)21/h4-5,8-10H,6-7H2,1-3H3,(H2,22,23,24,25). The van der Waals surface area contributed by atoms with Crippen LogP contribution in [0.15, 0.2) is 24.3 Å². The number of alkyl halides is 3. The largest absolute Gasteiger partial charge is 0.418 e. The third-order valence-electron chi connectivity index (χ3n) is 3.42. The first kappa shape index (κ1) is 19.3. The number of rotatable bonds is 6. The van der Waals surface area contributed by atoms with Gasteiger partial charge in [-0.25, -0.2) is 4.98 Å². The molecule has 0 aliphatic carbocycles. The molecular formula is C17H20ClF3N4. The molecule has 0 bridgehead atoms. The lowest BCUT2D eigenvalue weighted by Crippen LogP contribution is -2.11. The van der Waals surface area contributed by atoms with Crippen LogP contribution in [0.1, 0.15) is 31.5 Å². The summed E-state index contributed by atoms with van der Waals surface area (Å²) in [5.74, 6) is 1.20. The van der Waals surface area contributed by atoms with Crippen molar-refractivity contribution in [3.05, 3.63) is 40.5 Å². The molecule has 8 heteroatoms. The number of anilines is 3. The number of hydrogen-bond acceptors (Lipinski definition) is 4. The van der Waals surface area contributed by atoms with Crippen LogP contribution in [0.25, 0.3) is 0 Å². The van der Waals surface area contributed by atoms with Crippen LogP contribution in [0.5, 0.6) is 0 Å². The minimum atomic E-state index is -4.53. The zero-order valence-electron chi connectivity index (χ0n) is 14.2. The molecule has 2 N–H and O–H groups in total. The lowest BCUT2D eigenvalue weighted by atomic mass is 10.1. The van der Waals surface area contributed by atoms with Crippen molar-refractivity contribution >= 4 is 29.1 Å². The fourth-order valence-electron chi connectivity index (χ4n) is 2.18. The maximum atomic E-state index is 13.2. The van der Waals surface area contributed by atoms with Crippen LogP contribution in [0.2, 0.25) is 5.02 Å². The van der Waals surface area contributed by atoms with Crippen molar-refractivity contribution in [2.75, 3.05) is 17.2 Å². The Kier molecular flexibility index (Phi) is 6.11. The molecule has 1 aromatic heterocycles. The normalized spacial score (nSPS) is 11.7. The zero-order valence-corrected chi connectivity index (χ0v) is 15.0. The minimum Gasteiger partial charge on any atom is -0.370 e. The lowest BCUT2D eigenvalue weighted by Gasteiger charge is -2.15. The Morgan fingerprint density at radius 3 is 2.52 bits per heavy atom. The van der Waals surface area contributed by atoms with Crippen molar-refractivity contribution in [1.29, 1.82) is 0 Å². The SMILES string of the molecule is Cc1cc(NCCC(C)C)nc(Nc2ccc(Cl)cc2C(F)(F)F)n1. The van der Waals surface area contributed by atoms with Crippen LogP contribution in [0.4, 0.5) is 30.6 Å². The van der Waals surface area contributed by atoms with Gasteiger partial charge in [0.15, 0.2) is 0 Å². The number of benzene rings is 1. The summed E-state index contributed by atoms with van der Waals surface area (Å²) in [4.78, 5) is 8.39. The molecule has 4 nitrogen and oxygen atoms in total. The quantitative estimate of drug-likeness (QED) is 0.687. The van der Waals surface area contributed by atoms with E-state index >= 15 is 0 Å². The number of aryl methyl sites for hydroxylation is 1. The molecule has 0 radical (unpaired) electrons. The van der Waals surface area contributed by atoms with Gasteiger partial charge in [0, 0.05) is 23.3 Å². The Hall–Kier alpha value is -2.02. The molecule has 0 aliphatic rings. The maximum Gasteiger partial charge on any atom is 0.418 e. The van der Waals surface area contributed by atoms with E-state index in [-0.39, 0.29) is 16.7 Å². The summed E-state index contributed by atoms with van der Waals surface area (Å²) in [6.07, 6.45) is -3.57. The average molecular weight is 373 g/mol. The Labute approximate surface area is 149 Å². The molecule has 2 aromatic rings. The highest BCUT2D eigenvalue weighted by Crippen LogP contribution is 2.37. The Balaban J connectivity index is 2.24. The zero-order chi connectivity index (χ0) is 18.6. The van der Waals surface area contributed by atoms with Gasteiger partial charge < -0.3 is 10.6 Å². The Bertz CT molecular complexity index is 732. The molecule has 0 atom stereocenters. The second-order valence-electron chi connectivity index (χ2n) is 6.14. The fraction of sp³-hybridized carbons (Fsp3) is 0.412. The highest BCUT2D eigenvalue weighted by molar-refractivity contribution is 6.30. The molecule has 0 unspecified atom stereocenters. The van der Waals surface area contributed by atoms with Crippen molar-refractivity contribution in [3.8, 4) is 0 Å². The maximum absolute atomic E-state index is 13.2. The van der Waals surface area contributed by atoms with E-state index in [1.54, 1.807) is 13.0 Å². The Morgan fingerprint density at radius 2 is 1.88 bits per heavy atom. The Morgan fingerprint density at radius 1 is 1.16 bits per heavy atom. The smallest absolute Gasteiger partial charge is 0.370 e. The molecular weight excluding hydrogens is 353 g/mol. The van der Waals surface area contributed by atoms with E-state index in [2.05, 4.69) is 34.4 Å². The molecule has 2 rings (SSSR count). The summed E-state index contributed by atoms with van der Waals surface area (Å²) in [6.45, 7) is 6.70. The van der Waals surface area contributed by atoms with Crippen LogP contribution in [0.3, 0.4) is 0 Å². The molecule has 136 valence electrons.